The second-order valence-corrected chi connectivity index (χ2v) is 5.26. The number of nitrogens with one attached hydrogen (secondary N) is 1. The van der Waals surface area contributed by atoms with Crippen molar-refractivity contribution in [1.29, 1.82) is 0 Å². The van der Waals surface area contributed by atoms with E-state index >= 15 is 0 Å². The molecular formula is C17H25NO2. The molecule has 0 radical (unpaired) electrons. The maximum Gasteiger partial charge on any atom is 0.123 e. The fourth-order valence-corrected chi connectivity index (χ4v) is 2.83. The van der Waals surface area contributed by atoms with Gasteiger partial charge >= 0.3 is 0 Å². The Labute approximate surface area is 122 Å². The molecule has 0 saturated heterocycles. The van der Waals surface area contributed by atoms with E-state index in [-0.39, 0.29) is 6.04 Å². The summed E-state index contributed by atoms with van der Waals surface area (Å²) in [4.78, 5) is 0. The van der Waals surface area contributed by atoms with Crippen LogP contribution in [0, 0.1) is 0 Å². The van der Waals surface area contributed by atoms with Crippen LogP contribution in [0.15, 0.2) is 29.8 Å². The molecule has 0 bridgehead atoms. The number of methoxy groups -OCH3 is 2. The molecule has 110 valence electrons. The van der Waals surface area contributed by atoms with Crippen LogP contribution in [-0.4, -0.2) is 21.3 Å². The lowest BCUT2D eigenvalue weighted by atomic mass is 9.91. The third kappa shape index (κ3) is 3.54. The monoisotopic (exact) mass is 275 g/mol. The highest BCUT2D eigenvalue weighted by Gasteiger charge is 2.18. The van der Waals surface area contributed by atoms with Gasteiger partial charge in [0.15, 0.2) is 0 Å². The van der Waals surface area contributed by atoms with E-state index in [1.165, 1.54) is 31.2 Å². The summed E-state index contributed by atoms with van der Waals surface area (Å²) in [6.45, 7) is 0. The van der Waals surface area contributed by atoms with Crippen molar-refractivity contribution in [1.82, 2.24) is 5.32 Å². The van der Waals surface area contributed by atoms with Gasteiger partial charge in [-0.05, 0) is 57.4 Å². The predicted octanol–water partition coefficient (Wildman–Crippen LogP) is 3.85. The van der Waals surface area contributed by atoms with Gasteiger partial charge in [-0.15, -0.1) is 0 Å². The standard InChI is InChI=1S/C17H25NO2/c1-18-16(11-13-7-5-4-6-8-13)15-12-14(19-2)9-10-17(15)20-3/h7,9-10,12,16,18H,4-6,8,11H2,1-3H3. The van der Waals surface area contributed by atoms with E-state index in [1.807, 2.05) is 19.2 Å². The van der Waals surface area contributed by atoms with Crippen LogP contribution in [0.25, 0.3) is 0 Å². The second-order valence-electron chi connectivity index (χ2n) is 5.26. The third-order valence-corrected chi connectivity index (χ3v) is 4.01. The van der Waals surface area contributed by atoms with Gasteiger partial charge in [0.2, 0.25) is 0 Å². The van der Waals surface area contributed by atoms with Gasteiger partial charge in [-0.25, -0.2) is 0 Å². The Morgan fingerprint density at radius 2 is 2.05 bits per heavy atom. The fourth-order valence-electron chi connectivity index (χ4n) is 2.83. The Hall–Kier alpha value is -1.48. The summed E-state index contributed by atoms with van der Waals surface area (Å²) in [6.07, 6.45) is 8.54. The van der Waals surface area contributed by atoms with Crippen LogP contribution < -0.4 is 14.8 Å². The third-order valence-electron chi connectivity index (χ3n) is 4.01. The summed E-state index contributed by atoms with van der Waals surface area (Å²) in [5, 5.41) is 3.42. The maximum atomic E-state index is 5.50. The minimum atomic E-state index is 0.268. The van der Waals surface area contributed by atoms with Gasteiger partial charge in [-0.3, -0.25) is 0 Å². The molecular weight excluding hydrogens is 250 g/mol. The molecule has 1 unspecified atom stereocenters. The van der Waals surface area contributed by atoms with Gasteiger partial charge in [0.05, 0.1) is 14.2 Å². The van der Waals surface area contributed by atoms with Crippen LogP contribution in [0.2, 0.25) is 0 Å². The summed E-state index contributed by atoms with van der Waals surface area (Å²) in [5.41, 5.74) is 2.72. The average Bonchev–Trinajstić information content (AvgIpc) is 2.53. The fraction of sp³-hybridized carbons (Fsp3) is 0.529. The van der Waals surface area contributed by atoms with E-state index in [0.717, 1.165) is 17.9 Å². The SMILES string of the molecule is CNC(CC1=CCCCC1)c1cc(OC)ccc1OC. The van der Waals surface area contributed by atoms with E-state index < -0.39 is 0 Å². The Bertz CT molecular complexity index is 468. The van der Waals surface area contributed by atoms with Gasteiger partial charge in [0.1, 0.15) is 11.5 Å². The van der Waals surface area contributed by atoms with Crippen molar-refractivity contribution in [2.24, 2.45) is 0 Å². The zero-order chi connectivity index (χ0) is 14.4. The number of allylic oxidation sites excluding steroid dienone is 1. The quantitative estimate of drug-likeness (QED) is 0.800. The molecule has 0 spiro atoms. The molecule has 0 aliphatic heterocycles. The number of rotatable bonds is 6. The molecule has 0 fully saturated rings. The number of hydrogen-bond donors (Lipinski definition) is 1. The summed E-state index contributed by atoms with van der Waals surface area (Å²) in [6, 6.07) is 6.26. The van der Waals surface area contributed by atoms with Crippen molar-refractivity contribution in [2.45, 2.75) is 38.1 Å². The van der Waals surface area contributed by atoms with Crippen LogP contribution in [0.4, 0.5) is 0 Å². The summed E-state index contributed by atoms with van der Waals surface area (Å²) < 4.78 is 10.8. The topological polar surface area (TPSA) is 30.5 Å². The molecule has 3 heteroatoms. The molecule has 0 aromatic heterocycles. The highest BCUT2D eigenvalue weighted by Crippen LogP contribution is 2.34. The van der Waals surface area contributed by atoms with Crippen molar-refractivity contribution >= 4 is 0 Å². The molecule has 3 nitrogen and oxygen atoms in total. The Morgan fingerprint density at radius 1 is 1.20 bits per heavy atom. The molecule has 0 amide bonds. The van der Waals surface area contributed by atoms with Crippen LogP contribution >= 0.6 is 0 Å². The van der Waals surface area contributed by atoms with Crippen molar-refractivity contribution in [3.63, 3.8) is 0 Å². The van der Waals surface area contributed by atoms with Crippen molar-refractivity contribution in [3.05, 3.63) is 35.4 Å². The van der Waals surface area contributed by atoms with E-state index in [1.54, 1.807) is 19.8 Å². The average molecular weight is 275 g/mol. The Morgan fingerprint density at radius 3 is 2.65 bits per heavy atom. The lowest BCUT2D eigenvalue weighted by molar-refractivity contribution is 0.390. The zero-order valence-electron chi connectivity index (χ0n) is 12.7. The van der Waals surface area contributed by atoms with Crippen LogP contribution in [0.3, 0.4) is 0 Å². The first kappa shape index (κ1) is 14.9. The molecule has 20 heavy (non-hydrogen) atoms. The van der Waals surface area contributed by atoms with Crippen molar-refractivity contribution in [3.8, 4) is 11.5 Å². The van der Waals surface area contributed by atoms with Crippen molar-refractivity contribution < 1.29 is 9.47 Å². The highest BCUT2D eigenvalue weighted by molar-refractivity contribution is 5.42. The predicted molar refractivity (Wildman–Crippen MR) is 82.5 cm³/mol. The van der Waals surface area contributed by atoms with E-state index in [4.69, 9.17) is 9.47 Å². The van der Waals surface area contributed by atoms with Gasteiger partial charge in [0.25, 0.3) is 0 Å². The smallest absolute Gasteiger partial charge is 0.123 e. The molecule has 1 N–H and O–H groups in total. The Balaban J connectivity index is 2.23. The molecule has 0 heterocycles. The minimum Gasteiger partial charge on any atom is -0.497 e. The maximum absolute atomic E-state index is 5.50. The number of benzene rings is 1. The molecule has 0 saturated carbocycles. The van der Waals surface area contributed by atoms with E-state index in [9.17, 15) is 0 Å². The lowest BCUT2D eigenvalue weighted by Gasteiger charge is -2.23. The summed E-state index contributed by atoms with van der Waals surface area (Å²) in [7, 11) is 5.43. The van der Waals surface area contributed by atoms with Gasteiger partial charge in [-0.2, -0.15) is 0 Å². The molecule has 1 aromatic carbocycles. The van der Waals surface area contributed by atoms with Crippen LogP contribution in [0.5, 0.6) is 11.5 Å². The zero-order valence-corrected chi connectivity index (χ0v) is 12.7. The summed E-state index contributed by atoms with van der Waals surface area (Å²) in [5.74, 6) is 1.79. The van der Waals surface area contributed by atoms with Gasteiger partial charge in [0, 0.05) is 11.6 Å². The van der Waals surface area contributed by atoms with Crippen LogP contribution in [0.1, 0.15) is 43.7 Å². The Kier molecular flexibility index (Phi) is 5.48. The second kappa shape index (κ2) is 7.34. The largest absolute Gasteiger partial charge is 0.497 e. The minimum absolute atomic E-state index is 0.268. The highest BCUT2D eigenvalue weighted by atomic mass is 16.5. The normalized spacial score (nSPS) is 16.4. The van der Waals surface area contributed by atoms with E-state index in [0.29, 0.717) is 0 Å². The number of hydrogen-bond acceptors (Lipinski definition) is 3. The first-order chi connectivity index (χ1) is 9.78. The molecule has 1 aliphatic rings. The van der Waals surface area contributed by atoms with Gasteiger partial charge in [-0.1, -0.05) is 11.6 Å². The number of ether oxygens (including phenoxy) is 2. The van der Waals surface area contributed by atoms with Gasteiger partial charge < -0.3 is 14.8 Å². The first-order valence-electron chi connectivity index (χ1n) is 7.35. The summed E-state index contributed by atoms with van der Waals surface area (Å²) >= 11 is 0. The molecule has 2 rings (SSSR count). The van der Waals surface area contributed by atoms with Crippen LogP contribution in [-0.2, 0) is 0 Å². The molecule has 1 aromatic rings. The van der Waals surface area contributed by atoms with E-state index in [2.05, 4.69) is 17.5 Å². The first-order valence-corrected chi connectivity index (χ1v) is 7.35. The molecule has 1 atom stereocenters. The molecule has 1 aliphatic carbocycles. The van der Waals surface area contributed by atoms with Crippen molar-refractivity contribution in [2.75, 3.05) is 21.3 Å². The lowest BCUT2D eigenvalue weighted by Crippen LogP contribution is -2.18.